The van der Waals surface area contributed by atoms with E-state index in [0.29, 0.717) is 0 Å². The summed E-state index contributed by atoms with van der Waals surface area (Å²) in [5, 5.41) is 0. The maximum atomic E-state index is 5.67. The lowest BCUT2D eigenvalue weighted by atomic mass is 9.98. The Morgan fingerprint density at radius 1 is 1.11 bits per heavy atom. The second kappa shape index (κ2) is 5.38. The summed E-state index contributed by atoms with van der Waals surface area (Å²) >= 11 is 3.82. The van der Waals surface area contributed by atoms with Crippen molar-refractivity contribution >= 4 is 15.9 Å². The van der Waals surface area contributed by atoms with Crippen molar-refractivity contribution in [3.63, 3.8) is 0 Å². The molecule has 3 rings (SSSR count). The minimum absolute atomic E-state index is 0.250. The van der Waals surface area contributed by atoms with E-state index in [-0.39, 0.29) is 4.83 Å². The fourth-order valence-corrected chi connectivity index (χ4v) is 3.13. The SMILES string of the molecule is Cc1cccc(C(Br)c2ccc3c(c2)CCCO3)c1. The average molecular weight is 317 g/mol. The zero-order chi connectivity index (χ0) is 13.2. The van der Waals surface area contributed by atoms with Crippen LogP contribution in [0.25, 0.3) is 0 Å². The lowest BCUT2D eigenvalue weighted by molar-refractivity contribution is 0.288. The van der Waals surface area contributed by atoms with Crippen molar-refractivity contribution in [1.29, 1.82) is 0 Å². The van der Waals surface area contributed by atoms with Crippen LogP contribution in [0.3, 0.4) is 0 Å². The zero-order valence-electron chi connectivity index (χ0n) is 11.0. The molecule has 1 atom stereocenters. The third kappa shape index (κ3) is 2.69. The van der Waals surface area contributed by atoms with Crippen molar-refractivity contribution < 1.29 is 4.74 Å². The Morgan fingerprint density at radius 3 is 2.79 bits per heavy atom. The van der Waals surface area contributed by atoms with E-state index in [1.165, 1.54) is 22.3 Å². The van der Waals surface area contributed by atoms with Gasteiger partial charge >= 0.3 is 0 Å². The van der Waals surface area contributed by atoms with E-state index >= 15 is 0 Å². The van der Waals surface area contributed by atoms with Crippen molar-refractivity contribution in [2.24, 2.45) is 0 Å². The van der Waals surface area contributed by atoms with Crippen molar-refractivity contribution in [2.45, 2.75) is 24.6 Å². The van der Waals surface area contributed by atoms with E-state index in [0.717, 1.165) is 25.2 Å². The Balaban J connectivity index is 1.93. The zero-order valence-corrected chi connectivity index (χ0v) is 12.6. The molecule has 0 spiro atoms. The Morgan fingerprint density at radius 2 is 1.95 bits per heavy atom. The second-order valence-electron chi connectivity index (χ2n) is 5.10. The molecule has 0 aliphatic carbocycles. The summed E-state index contributed by atoms with van der Waals surface area (Å²) < 4.78 is 5.67. The molecule has 2 aromatic rings. The standard InChI is InChI=1S/C17H17BrO/c1-12-4-2-5-14(10-12)17(18)15-7-8-16-13(11-15)6-3-9-19-16/h2,4-5,7-8,10-11,17H,3,6,9H2,1H3. The average Bonchev–Trinajstić information content (AvgIpc) is 2.46. The van der Waals surface area contributed by atoms with Crippen molar-refractivity contribution in [1.82, 2.24) is 0 Å². The van der Waals surface area contributed by atoms with Crippen LogP contribution in [0.1, 0.15) is 33.5 Å². The molecule has 1 heterocycles. The number of benzene rings is 2. The van der Waals surface area contributed by atoms with E-state index in [1.807, 2.05) is 0 Å². The molecule has 1 aliphatic rings. The van der Waals surface area contributed by atoms with Gasteiger partial charge in [0.05, 0.1) is 11.4 Å². The predicted molar refractivity (Wildman–Crippen MR) is 82.2 cm³/mol. The molecular weight excluding hydrogens is 300 g/mol. The van der Waals surface area contributed by atoms with Crippen LogP contribution < -0.4 is 4.74 Å². The summed E-state index contributed by atoms with van der Waals surface area (Å²) in [4.78, 5) is 0.250. The van der Waals surface area contributed by atoms with Crippen LogP contribution in [0.4, 0.5) is 0 Å². The number of ether oxygens (including phenoxy) is 1. The number of halogens is 1. The van der Waals surface area contributed by atoms with Gasteiger partial charge in [-0.05, 0) is 42.5 Å². The molecule has 0 aromatic heterocycles. The molecule has 0 radical (unpaired) electrons. The molecule has 1 aliphatic heterocycles. The highest BCUT2D eigenvalue weighted by molar-refractivity contribution is 9.09. The van der Waals surface area contributed by atoms with Gasteiger partial charge in [-0.1, -0.05) is 57.9 Å². The van der Waals surface area contributed by atoms with Crippen LogP contribution in [0.2, 0.25) is 0 Å². The van der Waals surface area contributed by atoms with Gasteiger partial charge in [0.25, 0.3) is 0 Å². The molecule has 0 bridgehead atoms. The Bertz CT molecular complexity index is 592. The monoisotopic (exact) mass is 316 g/mol. The maximum absolute atomic E-state index is 5.67. The van der Waals surface area contributed by atoms with Gasteiger partial charge in [-0.25, -0.2) is 0 Å². The van der Waals surface area contributed by atoms with Crippen LogP contribution in [0.5, 0.6) is 5.75 Å². The summed E-state index contributed by atoms with van der Waals surface area (Å²) in [5.74, 6) is 1.05. The summed E-state index contributed by atoms with van der Waals surface area (Å²) in [6.45, 7) is 2.98. The van der Waals surface area contributed by atoms with Gasteiger partial charge in [-0.15, -0.1) is 0 Å². The van der Waals surface area contributed by atoms with Gasteiger partial charge in [-0.2, -0.15) is 0 Å². The quantitative estimate of drug-likeness (QED) is 0.723. The predicted octanol–water partition coefficient (Wildman–Crippen LogP) is 4.80. The van der Waals surface area contributed by atoms with Crippen LogP contribution >= 0.6 is 15.9 Å². The molecule has 0 fully saturated rings. The number of alkyl halides is 1. The highest BCUT2D eigenvalue weighted by Gasteiger charge is 2.15. The number of hydrogen-bond donors (Lipinski definition) is 0. The van der Waals surface area contributed by atoms with E-state index in [1.54, 1.807) is 0 Å². The Kier molecular flexibility index (Phi) is 3.61. The number of aryl methyl sites for hydroxylation is 2. The van der Waals surface area contributed by atoms with Gasteiger partial charge in [0.1, 0.15) is 5.75 Å². The Hall–Kier alpha value is -1.28. The molecule has 0 saturated heterocycles. The normalized spacial score (nSPS) is 15.5. The molecule has 1 unspecified atom stereocenters. The highest BCUT2D eigenvalue weighted by atomic mass is 79.9. The van der Waals surface area contributed by atoms with Gasteiger partial charge < -0.3 is 4.74 Å². The van der Waals surface area contributed by atoms with E-state index in [9.17, 15) is 0 Å². The minimum Gasteiger partial charge on any atom is -0.493 e. The first-order valence-corrected chi connectivity index (χ1v) is 7.62. The fourth-order valence-electron chi connectivity index (χ4n) is 2.56. The first-order valence-electron chi connectivity index (χ1n) is 6.70. The molecule has 98 valence electrons. The van der Waals surface area contributed by atoms with Gasteiger partial charge in [0.2, 0.25) is 0 Å². The lowest BCUT2D eigenvalue weighted by Gasteiger charge is -2.19. The molecule has 0 amide bonds. The van der Waals surface area contributed by atoms with Crippen molar-refractivity contribution in [3.05, 3.63) is 64.7 Å². The van der Waals surface area contributed by atoms with Crippen LogP contribution in [-0.4, -0.2) is 6.61 Å². The molecule has 0 saturated carbocycles. The lowest BCUT2D eigenvalue weighted by Crippen LogP contribution is -2.08. The summed E-state index contributed by atoms with van der Waals surface area (Å²) in [5.41, 5.74) is 5.23. The van der Waals surface area contributed by atoms with E-state index in [2.05, 4.69) is 65.3 Å². The van der Waals surface area contributed by atoms with Gasteiger partial charge in [0, 0.05) is 0 Å². The van der Waals surface area contributed by atoms with Gasteiger partial charge in [-0.3, -0.25) is 0 Å². The maximum Gasteiger partial charge on any atom is 0.122 e. The van der Waals surface area contributed by atoms with Gasteiger partial charge in [0.15, 0.2) is 0 Å². The first-order chi connectivity index (χ1) is 9.24. The molecule has 2 heteroatoms. The summed E-state index contributed by atoms with van der Waals surface area (Å²) in [6, 6.07) is 15.2. The van der Waals surface area contributed by atoms with E-state index in [4.69, 9.17) is 4.74 Å². The topological polar surface area (TPSA) is 9.23 Å². The largest absolute Gasteiger partial charge is 0.493 e. The minimum atomic E-state index is 0.250. The molecule has 1 nitrogen and oxygen atoms in total. The number of fused-ring (bicyclic) bond motifs is 1. The third-order valence-corrected chi connectivity index (χ3v) is 4.62. The third-order valence-electron chi connectivity index (χ3n) is 3.56. The summed E-state index contributed by atoms with van der Waals surface area (Å²) in [6.07, 6.45) is 2.24. The summed E-state index contributed by atoms with van der Waals surface area (Å²) in [7, 11) is 0. The highest BCUT2D eigenvalue weighted by Crippen LogP contribution is 2.35. The van der Waals surface area contributed by atoms with E-state index < -0.39 is 0 Å². The van der Waals surface area contributed by atoms with Crippen LogP contribution in [0.15, 0.2) is 42.5 Å². The van der Waals surface area contributed by atoms with Crippen molar-refractivity contribution in [2.75, 3.05) is 6.61 Å². The molecular formula is C17H17BrO. The molecule has 2 aromatic carbocycles. The molecule has 19 heavy (non-hydrogen) atoms. The number of hydrogen-bond acceptors (Lipinski definition) is 1. The molecule has 0 N–H and O–H groups in total. The van der Waals surface area contributed by atoms with Crippen LogP contribution in [0, 0.1) is 6.92 Å². The smallest absolute Gasteiger partial charge is 0.122 e. The Labute approximate surface area is 122 Å². The van der Waals surface area contributed by atoms with Crippen molar-refractivity contribution in [3.8, 4) is 5.75 Å². The van der Waals surface area contributed by atoms with Crippen LogP contribution in [-0.2, 0) is 6.42 Å². The first kappa shape index (κ1) is 12.7. The second-order valence-corrected chi connectivity index (χ2v) is 6.01. The number of rotatable bonds is 2. The fraction of sp³-hybridized carbons (Fsp3) is 0.294.